The van der Waals surface area contributed by atoms with E-state index in [1.54, 1.807) is 18.2 Å². The lowest BCUT2D eigenvalue weighted by atomic mass is 9.89. The number of nitrogens with one attached hydrogen (secondary N) is 1. The second kappa shape index (κ2) is 6.00. The number of likely N-dealkylation sites (N-methyl/N-ethyl adjacent to an activating group) is 1. The van der Waals surface area contributed by atoms with Crippen molar-refractivity contribution in [3.63, 3.8) is 0 Å². The number of hydrogen-bond acceptors (Lipinski definition) is 2. The Hall–Kier alpha value is -0.640. The van der Waals surface area contributed by atoms with E-state index in [1.807, 2.05) is 7.05 Å². The largest absolute Gasteiger partial charge is 0.378 e. The van der Waals surface area contributed by atoms with Crippen molar-refractivity contribution in [2.45, 2.75) is 31.9 Å². The molecule has 18 heavy (non-hydrogen) atoms. The van der Waals surface area contributed by atoms with Gasteiger partial charge in [-0.2, -0.15) is 0 Å². The number of benzene rings is 1. The molecule has 0 saturated carbocycles. The van der Waals surface area contributed by atoms with Crippen LogP contribution in [-0.2, 0) is 11.2 Å². The predicted molar refractivity (Wildman–Crippen MR) is 71.5 cm³/mol. The van der Waals surface area contributed by atoms with Crippen LogP contribution in [0.3, 0.4) is 0 Å². The van der Waals surface area contributed by atoms with Gasteiger partial charge < -0.3 is 10.1 Å². The van der Waals surface area contributed by atoms with E-state index in [4.69, 9.17) is 16.3 Å². The van der Waals surface area contributed by atoms with E-state index < -0.39 is 0 Å². The van der Waals surface area contributed by atoms with Gasteiger partial charge in [0.25, 0.3) is 0 Å². The van der Waals surface area contributed by atoms with Crippen molar-refractivity contribution >= 4 is 11.6 Å². The summed E-state index contributed by atoms with van der Waals surface area (Å²) in [5, 5.41) is 3.47. The lowest BCUT2D eigenvalue weighted by Gasteiger charge is -2.25. The molecule has 0 radical (unpaired) electrons. The SMILES string of the molecule is CNC(Cc1cccc(Cl)c1F)C1CCOC1C. The summed E-state index contributed by atoms with van der Waals surface area (Å²) in [6, 6.07) is 5.39. The van der Waals surface area contributed by atoms with E-state index in [9.17, 15) is 4.39 Å². The Bertz CT molecular complexity index is 413. The molecule has 0 aliphatic carbocycles. The van der Waals surface area contributed by atoms with Crippen molar-refractivity contribution in [1.82, 2.24) is 5.32 Å². The third-order valence-electron chi connectivity index (χ3n) is 3.79. The third-order valence-corrected chi connectivity index (χ3v) is 4.09. The zero-order valence-electron chi connectivity index (χ0n) is 10.7. The molecule has 3 unspecified atom stereocenters. The van der Waals surface area contributed by atoms with E-state index >= 15 is 0 Å². The van der Waals surface area contributed by atoms with E-state index in [0.29, 0.717) is 17.9 Å². The molecule has 1 aliphatic heterocycles. The summed E-state index contributed by atoms with van der Waals surface area (Å²) >= 11 is 5.81. The summed E-state index contributed by atoms with van der Waals surface area (Å²) in [6.45, 7) is 2.87. The molecule has 1 aromatic rings. The summed E-state index contributed by atoms with van der Waals surface area (Å²) in [4.78, 5) is 0. The van der Waals surface area contributed by atoms with E-state index in [2.05, 4.69) is 12.2 Å². The van der Waals surface area contributed by atoms with E-state index in [0.717, 1.165) is 13.0 Å². The predicted octanol–water partition coefficient (Wildman–Crippen LogP) is 3.03. The van der Waals surface area contributed by atoms with Gasteiger partial charge in [-0.25, -0.2) is 4.39 Å². The average molecular weight is 272 g/mol. The van der Waals surface area contributed by atoms with Gasteiger partial charge in [-0.15, -0.1) is 0 Å². The fourth-order valence-electron chi connectivity index (χ4n) is 2.69. The molecule has 0 amide bonds. The second-order valence-electron chi connectivity index (χ2n) is 4.84. The lowest BCUT2D eigenvalue weighted by Crippen LogP contribution is -2.39. The maximum Gasteiger partial charge on any atom is 0.145 e. The van der Waals surface area contributed by atoms with Crippen molar-refractivity contribution in [1.29, 1.82) is 0 Å². The van der Waals surface area contributed by atoms with Gasteiger partial charge in [-0.1, -0.05) is 23.7 Å². The summed E-state index contributed by atoms with van der Waals surface area (Å²) < 4.78 is 19.5. The monoisotopic (exact) mass is 271 g/mol. The first-order valence-corrected chi connectivity index (χ1v) is 6.73. The minimum atomic E-state index is -0.300. The van der Waals surface area contributed by atoms with Crippen LogP contribution in [0, 0.1) is 11.7 Å². The molecule has 1 heterocycles. The Kier molecular flexibility index (Phi) is 4.60. The number of rotatable bonds is 4. The number of ether oxygens (including phenoxy) is 1. The smallest absolute Gasteiger partial charge is 0.145 e. The number of hydrogen-bond donors (Lipinski definition) is 1. The summed E-state index contributed by atoms with van der Waals surface area (Å²) in [5.74, 6) is 0.124. The molecule has 1 fully saturated rings. The molecule has 1 aromatic carbocycles. The first-order valence-electron chi connectivity index (χ1n) is 6.35. The van der Waals surface area contributed by atoms with Gasteiger partial charge in [0.1, 0.15) is 5.82 Å². The van der Waals surface area contributed by atoms with Gasteiger partial charge in [0.15, 0.2) is 0 Å². The standard InChI is InChI=1S/C14H19ClFNO/c1-9-11(6-7-18-9)13(17-2)8-10-4-3-5-12(15)14(10)16/h3-5,9,11,13,17H,6-8H2,1-2H3. The molecule has 0 spiro atoms. The van der Waals surface area contributed by atoms with Gasteiger partial charge in [0, 0.05) is 18.6 Å². The Labute approximate surface area is 112 Å². The molecule has 2 rings (SSSR count). The number of halogens is 2. The van der Waals surface area contributed by atoms with Crippen LogP contribution in [0.5, 0.6) is 0 Å². The zero-order chi connectivity index (χ0) is 13.1. The normalized spacial score (nSPS) is 25.3. The first-order chi connectivity index (χ1) is 8.63. The van der Waals surface area contributed by atoms with Crippen LogP contribution in [0.4, 0.5) is 4.39 Å². The molecule has 100 valence electrons. The molecule has 1 saturated heterocycles. The van der Waals surface area contributed by atoms with E-state index in [-0.39, 0.29) is 23.0 Å². The van der Waals surface area contributed by atoms with E-state index in [1.165, 1.54) is 0 Å². The van der Waals surface area contributed by atoms with Gasteiger partial charge in [-0.05, 0) is 38.4 Å². The third kappa shape index (κ3) is 2.85. The molecule has 1 N–H and O–H groups in total. The molecular formula is C14H19ClFNO. The lowest BCUT2D eigenvalue weighted by molar-refractivity contribution is 0.0962. The molecule has 4 heteroatoms. The quantitative estimate of drug-likeness (QED) is 0.909. The van der Waals surface area contributed by atoms with Crippen LogP contribution in [-0.4, -0.2) is 25.8 Å². The fraction of sp³-hybridized carbons (Fsp3) is 0.571. The highest BCUT2D eigenvalue weighted by Crippen LogP contribution is 2.27. The summed E-state index contributed by atoms with van der Waals surface area (Å²) in [5.41, 5.74) is 0.668. The minimum absolute atomic E-state index is 0.193. The van der Waals surface area contributed by atoms with Gasteiger partial charge in [0.2, 0.25) is 0 Å². The van der Waals surface area contributed by atoms with Crippen molar-refractivity contribution in [3.05, 3.63) is 34.6 Å². The Morgan fingerprint density at radius 1 is 1.56 bits per heavy atom. The Morgan fingerprint density at radius 2 is 2.33 bits per heavy atom. The van der Waals surface area contributed by atoms with Crippen LogP contribution in [0.25, 0.3) is 0 Å². The van der Waals surface area contributed by atoms with Crippen LogP contribution in [0.2, 0.25) is 5.02 Å². The maximum absolute atomic E-state index is 13.9. The second-order valence-corrected chi connectivity index (χ2v) is 5.25. The summed E-state index contributed by atoms with van der Waals surface area (Å²) in [6.07, 6.45) is 1.89. The van der Waals surface area contributed by atoms with Gasteiger partial charge in [0.05, 0.1) is 11.1 Å². The highest BCUT2D eigenvalue weighted by Gasteiger charge is 2.31. The van der Waals surface area contributed by atoms with Crippen LogP contribution in [0.1, 0.15) is 18.9 Å². The van der Waals surface area contributed by atoms with Crippen molar-refractivity contribution in [2.24, 2.45) is 5.92 Å². The Balaban J connectivity index is 2.12. The average Bonchev–Trinajstić information content (AvgIpc) is 2.77. The minimum Gasteiger partial charge on any atom is -0.378 e. The molecular weight excluding hydrogens is 253 g/mol. The maximum atomic E-state index is 13.9. The van der Waals surface area contributed by atoms with Crippen molar-refractivity contribution in [3.8, 4) is 0 Å². The fourth-order valence-corrected chi connectivity index (χ4v) is 2.88. The van der Waals surface area contributed by atoms with Crippen LogP contribution in [0.15, 0.2) is 18.2 Å². The molecule has 0 aromatic heterocycles. The topological polar surface area (TPSA) is 21.3 Å². The van der Waals surface area contributed by atoms with Crippen molar-refractivity contribution < 1.29 is 9.13 Å². The van der Waals surface area contributed by atoms with Gasteiger partial charge >= 0.3 is 0 Å². The highest BCUT2D eigenvalue weighted by molar-refractivity contribution is 6.30. The van der Waals surface area contributed by atoms with Gasteiger partial charge in [-0.3, -0.25) is 0 Å². The molecule has 0 bridgehead atoms. The van der Waals surface area contributed by atoms with Crippen molar-refractivity contribution in [2.75, 3.05) is 13.7 Å². The van der Waals surface area contributed by atoms with Crippen LogP contribution >= 0.6 is 11.6 Å². The molecule has 2 nitrogen and oxygen atoms in total. The zero-order valence-corrected chi connectivity index (χ0v) is 11.5. The highest BCUT2D eigenvalue weighted by atomic mass is 35.5. The van der Waals surface area contributed by atoms with Crippen LogP contribution < -0.4 is 5.32 Å². The first kappa shape index (κ1) is 13.8. The Morgan fingerprint density at radius 3 is 2.94 bits per heavy atom. The molecule has 1 aliphatic rings. The summed E-state index contributed by atoms with van der Waals surface area (Å²) in [7, 11) is 1.91. The molecule has 3 atom stereocenters.